The van der Waals surface area contributed by atoms with E-state index in [1.807, 2.05) is 6.92 Å². The summed E-state index contributed by atoms with van der Waals surface area (Å²) in [5.74, 6) is 0.715. The second-order valence-electron chi connectivity index (χ2n) is 4.52. The minimum absolute atomic E-state index is 0.226. The molecule has 74 valence electrons. The molecule has 2 nitrogen and oxygen atoms in total. The third-order valence-electron chi connectivity index (χ3n) is 2.54. The normalized spacial score (nSPS) is 17.4. The number of nitrogens with zero attached hydrogens (tertiary/aromatic N) is 2. The molecule has 0 radical (unpaired) electrons. The van der Waals surface area contributed by atoms with E-state index in [-0.39, 0.29) is 5.66 Å². The fourth-order valence-electron chi connectivity index (χ4n) is 1.62. The lowest BCUT2D eigenvalue weighted by Gasteiger charge is -2.07. The standard InChI is InChI=1S/C12H16N2/c1-9(2)8-10-4-6-11(7-5-10)12(3)13-14-12/h4-7,9H,8H2,1-3H3. The zero-order chi connectivity index (χ0) is 10.2. The molecule has 0 saturated heterocycles. The van der Waals surface area contributed by atoms with Crippen molar-refractivity contribution in [2.45, 2.75) is 32.9 Å². The van der Waals surface area contributed by atoms with Crippen LogP contribution in [0.25, 0.3) is 0 Å². The summed E-state index contributed by atoms with van der Waals surface area (Å²) >= 11 is 0. The smallest absolute Gasteiger partial charge is 0.154 e. The molecule has 1 aliphatic heterocycles. The number of hydrogen-bond acceptors (Lipinski definition) is 2. The van der Waals surface area contributed by atoms with E-state index in [0.717, 1.165) is 6.42 Å². The second kappa shape index (κ2) is 3.19. The van der Waals surface area contributed by atoms with Gasteiger partial charge in [0.25, 0.3) is 0 Å². The Morgan fingerprint density at radius 2 is 1.71 bits per heavy atom. The highest BCUT2D eigenvalue weighted by atomic mass is 15.4. The zero-order valence-electron chi connectivity index (χ0n) is 8.99. The first-order valence-electron chi connectivity index (χ1n) is 5.14. The summed E-state index contributed by atoms with van der Waals surface area (Å²) in [4.78, 5) is 0. The molecule has 0 atom stereocenters. The van der Waals surface area contributed by atoms with Crippen LogP contribution in [0.4, 0.5) is 0 Å². The zero-order valence-corrected chi connectivity index (χ0v) is 8.99. The van der Waals surface area contributed by atoms with Gasteiger partial charge in [-0.3, -0.25) is 0 Å². The van der Waals surface area contributed by atoms with Crippen molar-refractivity contribution in [3.8, 4) is 0 Å². The molecule has 0 spiro atoms. The Balaban J connectivity index is 2.10. The molecule has 0 aliphatic carbocycles. The summed E-state index contributed by atoms with van der Waals surface area (Å²) in [6.45, 7) is 6.51. The highest BCUT2D eigenvalue weighted by Crippen LogP contribution is 2.38. The van der Waals surface area contributed by atoms with Crippen LogP contribution >= 0.6 is 0 Å². The van der Waals surface area contributed by atoms with Crippen molar-refractivity contribution in [1.82, 2.24) is 0 Å². The van der Waals surface area contributed by atoms with Gasteiger partial charge in [0.2, 0.25) is 5.66 Å². The van der Waals surface area contributed by atoms with E-state index in [1.54, 1.807) is 0 Å². The summed E-state index contributed by atoms with van der Waals surface area (Å²) in [5.41, 5.74) is 2.37. The average molecular weight is 188 g/mol. The Bertz CT molecular complexity index is 343. The molecule has 2 rings (SSSR count). The summed E-state index contributed by atoms with van der Waals surface area (Å²) in [6, 6.07) is 8.64. The van der Waals surface area contributed by atoms with Gasteiger partial charge in [-0.15, -0.1) is 0 Å². The molecule has 0 unspecified atom stereocenters. The van der Waals surface area contributed by atoms with Gasteiger partial charge in [-0.05, 0) is 24.8 Å². The molecule has 0 N–H and O–H groups in total. The molecule has 0 fully saturated rings. The van der Waals surface area contributed by atoms with Crippen molar-refractivity contribution >= 4 is 0 Å². The first-order valence-corrected chi connectivity index (χ1v) is 5.14. The number of rotatable bonds is 3. The fourth-order valence-corrected chi connectivity index (χ4v) is 1.62. The van der Waals surface area contributed by atoms with Crippen LogP contribution < -0.4 is 0 Å². The van der Waals surface area contributed by atoms with Crippen molar-refractivity contribution in [2.24, 2.45) is 16.1 Å². The fraction of sp³-hybridized carbons (Fsp3) is 0.500. The van der Waals surface area contributed by atoms with Gasteiger partial charge in [0.15, 0.2) is 0 Å². The second-order valence-corrected chi connectivity index (χ2v) is 4.52. The maximum atomic E-state index is 4.02. The van der Waals surface area contributed by atoms with Gasteiger partial charge >= 0.3 is 0 Å². The van der Waals surface area contributed by atoms with E-state index in [9.17, 15) is 0 Å². The summed E-state index contributed by atoms with van der Waals surface area (Å²) < 4.78 is 0. The third-order valence-corrected chi connectivity index (χ3v) is 2.54. The lowest BCUT2D eigenvalue weighted by molar-refractivity contribution is 0.646. The first kappa shape index (κ1) is 9.38. The van der Waals surface area contributed by atoms with Gasteiger partial charge in [0, 0.05) is 5.56 Å². The van der Waals surface area contributed by atoms with E-state index in [1.165, 1.54) is 11.1 Å². The molecule has 0 aromatic heterocycles. The SMILES string of the molecule is CC(C)Cc1ccc(C2(C)N=N2)cc1. The maximum Gasteiger partial charge on any atom is 0.213 e. The van der Waals surface area contributed by atoms with E-state index in [2.05, 4.69) is 48.3 Å². The highest BCUT2D eigenvalue weighted by molar-refractivity contribution is 5.30. The van der Waals surface area contributed by atoms with Gasteiger partial charge in [0.1, 0.15) is 0 Å². The lowest BCUT2D eigenvalue weighted by atomic mass is 9.99. The molecular weight excluding hydrogens is 172 g/mol. The van der Waals surface area contributed by atoms with Gasteiger partial charge in [-0.2, -0.15) is 10.2 Å². The van der Waals surface area contributed by atoms with E-state index in [4.69, 9.17) is 0 Å². The quantitative estimate of drug-likeness (QED) is 0.693. The Labute approximate surface area is 85.1 Å². The molecule has 1 aromatic carbocycles. The summed E-state index contributed by atoms with van der Waals surface area (Å²) in [7, 11) is 0. The Kier molecular flexibility index (Phi) is 2.14. The molecule has 1 heterocycles. The van der Waals surface area contributed by atoms with Crippen molar-refractivity contribution in [3.63, 3.8) is 0 Å². The summed E-state index contributed by atoms with van der Waals surface area (Å²) in [6.07, 6.45) is 1.14. The molecule has 1 aliphatic rings. The van der Waals surface area contributed by atoms with Gasteiger partial charge < -0.3 is 0 Å². The van der Waals surface area contributed by atoms with Crippen molar-refractivity contribution < 1.29 is 0 Å². The largest absolute Gasteiger partial charge is 0.213 e. The monoisotopic (exact) mass is 188 g/mol. The first-order chi connectivity index (χ1) is 6.60. The minimum Gasteiger partial charge on any atom is -0.154 e. The highest BCUT2D eigenvalue weighted by Gasteiger charge is 2.35. The molecule has 0 bridgehead atoms. The number of benzene rings is 1. The Morgan fingerprint density at radius 3 is 2.14 bits per heavy atom. The lowest BCUT2D eigenvalue weighted by Crippen LogP contribution is -2.02. The molecule has 1 aromatic rings. The van der Waals surface area contributed by atoms with Crippen LogP contribution in [-0.4, -0.2) is 0 Å². The average Bonchev–Trinajstić information content (AvgIpc) is 2.85. The predicted molar refractivity (Wildman–Crippen MR) is 57.2 cm³/mol. The van der Waals surface area contributed by atoms with Crippen LogP contribution in [0.2, 0.25) is 0 Å². The predicted octanol–water partition coefficient (Wildman–Crippen LogP) is 3.52. The van der Waals surface area contributed by atoms with Crippen LogP contribution in [-0.2, 0) is 12.1 Å². The van der Waals surface area contributed by atoms with Crippen LogP contribution in [0, 0.1) is 5.92 Å². The van der Waals surface area contributed by atoms with Gasteiger partial charge in [-0.25, -0.2) is 0 Å². The maximum absolute atomic E-state index is 4.02. The van der Waals surface area contributed by atoms with E-state index in [0.29, 0.717) is 5.92 Å². The van der Waals surface area contributed by atoms with E-state index < -0.39 is 0 Å². The molecule has 0 saturated carbocycles. The van der Waals surface area contributed by atoms with Crippen LogP contribution in [0.1, 0.15) is 31.9 Å². The van der Waals surface area contributed by atoms with Crippen molar-refractivity contribution in [2.75, 3.05) is 0 Å². The number of hydrogen-bond donors (Lipinski definition) is 0. The van der Waals surface area contributed by atoms with Crippen molar-refractivity contribution in [3.05, 3.63) is 35.4 Å². The minimum atomic E-state index is -0.226. The topological polar surface area (TPSA) is 24.7 Å². The van der Waals surface area contributed by atoms with Crippen LogP contribution in [0.15, 0.2) is 34.5 Å². The van der Waals surface area contributed by atoms with Crippen molar-refractivity contribution in [1.29, 1.82) is 0 Å². The molecule has 2 heteroatoms. The molecular formula is C12H16N2. The van der Waals surface area contributed by atoms with Crippen LogP contribution in [0.3, 0.4) is 0 Å². The Hall–Kier alpha value is -1.18. The molecule has 14 heavy (non-hydrogen) atoms. The van der Waals surface area contributed by atoms with E-state index >= 15 is 0 Å². The van der Waals surface area contributed by atoms with Gasteiger partial charge in [-0.1, -0.05) is 38.1 Å². The Morgan fingerprint density at radius 1 is 1.14 bits per heavy atom. The van der Waals surface area contributed by atoms with Crippen LogP contribution in [0.5, 0.6) is 0 Å². The summed E-state index contributed by atoms with van der Waals surface area (Å²) in [5, 5.41) is 8.04. The molecule has 0 amide bonds. The van der Waals surface area contributed by atoms with Gasteiger partial charge in [0.05, 0.1) is 0 Å². The third kappa shape index (κ3) is 1.84.